The van der Waals surface area contributed by atoms with E-state index in [4.69, 9.17) is 9.47 Å². The molecule has 2 heterocycles. The molecule has 0 aliphatic carbocycles. The lowest BCUT2D eigenvalue weighted by atomic mass is 10.3. The third-order valence-electron chi connectivity index (χ3n) is 1.72. The van der Waals surface area contributed by atoms with Gasteiger partial charge in [-0.25, -0.2) is 8.78 Å². The molecule has 3 nitrogen and oxygen atoms in total. The summed E-state index contributed by atoms with van der Waals surface area (Å²) >= 11 is 0.922. The smallest absolute Gasteiger partial charge is 0.301 e. The lowest BCUT2D eigenvalue weighted by Gasteiger charge is -2.15. The lowest BCUT2D eigenvalue weighted by Crippen LogP contribution is -2.17. The van der Waals surface area contributed by atoms with E-state index in [0.29, 0.717) is 12.4 Å². The highest BCUT2D eigenvalue weighted by Crippen LogP contribution is 2.40. The Morgan fingerprint density at radius 3 is 2.86 bits per heavy atom. The van der Waals surface area contributed by atoms with Gasteiger partial charge in [0, 0.05) is 5.38 Å². The van der Waals surface area contributed by atoms with Crippen LogP contribution < -0.4 is 9.47 Å². The molecule has 0 aromatic carbocycles. The lowest BCUT2D eigenvalue weighted by molar-refractivity contribution is 0.0675. The van der Waals surface area contributed by atoms with Crippen LogP contribution in [0.2, 0.25) is 0 Å². The summed E-state index contributed by atoms with van der Waals surface area (Å²) < 4.78 is 34.5. The van der Waals surface area contributed by atoms with Crippen molar-refractivity contribution in [3.63, 3.8) is 0 Å². The quantitative estimate of drug-likeness (QED) is 0.715. The number of thiophene rings is 1. The van der Waals surface area contributed by atoms with Crippen LogP contribution in [0, 0.1) is 0 Å². The molecule has 0 amide bonds. The maximum absolute atomic E-state index is 12.1. The fourth-order valence-electron chi connectivity index (χ4n) is 1.13. The first-order valence-corrected chi connectivity index (χ1v) is 4.77. The van der Waals surface area contributed by atoms with E-state index in [0.717, 1.165) is 11.3 Å². The minimum atomic E-state index is -3.00. The van der Waals surface area contributed by atoms with E-state index < -0.39 is 12.2 Å². The molecule has 1 aromatic rings. The number of Topliss-reactive ketones (excluding diaryl/α,β-unsaturated/α-hetero) is 1. The van der Waals surface area contributed by atoms with Crippen LogP contribution in [0.3, 0.4) is 0 Å². The van der Waals surface area contributed by atoms with Crippen LogP contribution in [0.1, 0.15) is 9.67 Å². The summed E-state index contributed by atoms with van der Waals surface area (Å²) in [6.07, 6.45) is -3.00. The average Bonchev–Trinajstić information content (AvgIpc) is 2.60. The molecule has 14 heavy (non-hydrogen) atoms. The first kappa shape index (κ1) is 9.39. The fraction of sp³-hybridized carbons (Fsp3) is 0.375. The van der Waals surface area contributed by atoms with Gasteiger partial charge in [0.05, 0.1) is 0 Å². The zero-order valence-corrected chi connectivity index (χ0v) is 7.77. The van der Waals surface area contributed by atoms with Crippen molar-refractivity contribution in [1.29, 1.82) is 0 Å². The number of hydrogen-bond acceptors (Lipinski definition) is 4. The molecule has 0 atom stereocenters. The minimum absolute atomic E-state index is 0.0605. The molecule has 0 fully saturated rings. The monoisotopic (exact) mass is 220 g/mol. The fourth-order valence-corrected chi connectivity index (χ4v) is 2.00. The van der Waals surface area contributed by atoms with Crippen LogP contribution in [-0.2, 0) is 0 Å². The summed E-state index contributed by atoms with van der Waals surface area (Å²) in [5.41, 5.74) is 0. The standard InChI is InChI=1S/C8H6F2O3S/c9-8(10)5(11)7-6-4(3-14-7)12-1-2-13-6/h3,8H,1-2H2. The Bertz CT molecular complexity index is 361. The van der Waals surface area contributed by atoms with Gasteiger partial charge in [-0.05, 0) is 0 Å². The summed E-state index contributed by atoms with van der Waals surface area (Å²) in [5.74, 6) is -0.668. The molecular formula is C8H6F2O3S. The molecule has 0 radical (unpaired) electrons. The molecule has 6 heteroatoms. The summed E-state index contributed by atoms with van der Waals surface area (Å²) in [7, 11) is 0. The predicted octanol–water partition coefficient (Wildman–Crippen LogP) is 1.97. The molecule has 0 saturated heterocycles. The SMILES string of the molecule is O=C(c1scc2c1OCCO2)C(F)F. The summed E-state index contributed by atoms with van der Waals surface area (Å²) in [4.78, 5) is 10.9. The van der Waals surface area contributed by atoms with Gasteiger partial charge in [0.25, 0.3) is 0 Å². The van der Waals surface area contributed by atoms with E-state index in [-0.39, 0.29) is 17.2 Å². The number of ketones is 1. The van der Waals surface area contributed by atoms with Crippen molar-refractivity contribution < 1.29 is 23.0 Å². The number of carbonyl (C=O) groups is 1. The molecule has 0 bridgehead atoms. The van der Waals surface area contributed by atoms with Crippen LogP contribution >= 0.6 is 11.3 Å². The third-order valence-corrected chi connectivity index (χ3v) is 2.68. The molecular weight excluding hydrogens is 214 g/mol. The van der Waals surface area contributed by atoms with Crippen LogP contribution in [0.15, 0.2) is 5.38 Å². The normalized spacial score (nSPS) is 14.5. The van der Waals surface area contributed by atoms with E-state index in [2.05, 4.69) is 0 Å². The van der Waals surface area contributed by atoms with Crippen LogP contribution in [0.25, 0.3) is 0 Å². The molecule has 0 unspecified atom stereocenters. The molecule has 76 valence electrons. The molecule has 1 aliphatic heterocycles. The van der Waals surface area contributed by atoms with Crippen LogP contribution in [0.4, 0.5) is 8.78 Å². The Labute approximate surface area is 82.2 Å². The highest BCUT2D eigenvalue weighted by Gasteiger charge is 2.28. The van der Waals surface area contributed by atoms with Crippen molar-refractivity contribution in [3.05, 3.63) is 10.3 Å². The molecule has 0 spiro atoms. The van der Waals surface area contributed by atoms with Gasteiger partial charge in [-0.3, -0.25) is 4.79 Å². The summed E-state index contributed by atoms with van der Waals surface area (Å²) in [6.45, 7) is 0.666. The second kappa shape index (κ2) is 3.53. The number of fused-ring (bicyclic) bond motifs is 1. The Morgan fingerprint density at radius 1 is 1.43 bits per heavy atom. The first-order valence-electron chi connectivity index (χ1n) is 3.89. The number of rotatable bonds is 2. The van der Waals surface area contributed by atoms with Crippen molar-refractivity contribution in [3.8, 4) is 11.5 Å². The van der Waals surface area contributed by atoms with Gasteiger partial charge in [-0.2, -0.15) is 0 Å². The first-order chi connectivity index (χ1) is 6.70. The van der Waals surface area contributed by atoms with Crippen molar-refractivity contribution in [2.24, 2.45) is 0 Å². The van der Waals surface area contributed by atoms with E-state index in [1.54, 1.807) is 0 Å². The number of hydrogen-bond donors (Lipinski definition) is 0. The van der Waals surface area contributed by atoms with E-state index in [1.165, 1.54) is 5.38 Å². The highest BCUT2D eigenvalue weighted by molar-refractivity contribution is 7.12. The average molecular weight is 220 g/mol. The van der Waals surface area contributed by atoms with Gasteiger partial charge in [-0.1, -0.05) is 0 Å². The van der Waals surface area contributed by atoms with Gasteiger partial charge in [0.1, 0.15) is 18.1 Å². The van der Waals surface area contributed by atoms with E-state index in [9.17, 15) is 13.6 Å². The second-order valence-corrected chi connectivity index (χ2v) is 3.50. The molecule has 1 aromatic heterocycles. The van der Waals surface area contributed by atoms with Crippen molar-refractivity contribution >= 4 is 17.1 Å². The third kappa shape index (κ3) is 1.45. The van der Waals surface area contributed by atoms with Crippen molar-refractivity contribution in [2.45, 2.75) is 6.43 Å². The highest BCUT2D eigenvalue weighted by atomic mass is 32.1. The van der Waals surface area contributed by atoms with Crippen molar-refractivity contribution in [2.75, 3.05) is 13.2 Å². The number of alkyl halides is 2. The summed E-state index contributed by atoms with van der Waals surface area (Å²) in [6, 6.07) is 0. The molecule has 1 aliphatic rings. The zero-order chi connectivity index (χ0) is 10.1. The number of halogens is 2. The van der Waals surface area contributed by atoms with Gasteiger partial charge in [0.15, 0.2) is 11.5 Å². The number of carbonyl (C=O) groups excluding carboxylic acids is 1. The van der Waals surface area contributed by atoms with Gasteiger partial charge in [-0.15, -0.1) is 11.3 Å². The van der Waals surface area contributed by atoms with Crippen molar-refractivity contribution in [1.82, 2.24) is 0 Å². The topological polar surface area (TPSA) is 35.5 Å². The molecule has 0 N–H and O–H groups in total. The maximum Gasteiger partial charge on any atom is 0.301 e. The number of ether oxygens (including phenoxy) is 2. The molecule has 0 saturated carbocycles. The van der Waals surface area contributed by atoms with Gasteiger partial charge >= 0.3 is 6.43 Å². The minimum Gasteiger partial charge on any atom is -0.485 e. The summed E-state index contributed by atoms with van der Waals surface area (Å²) in [5, 5.41) is 1.50. The van der Waals surface area contributed by atoms with Crippen LogP contribution in [-0.4, -0.2) is 25.4 Å². The van der Waals surface area contributed by atoms with E-state index >= 15 is 0 Å². The Hall–Kier alpha value is -1.17. The predicted molar refractivity (Wildman–Crippen MR) is 45.6 cm³/mol. The Balaban J connectivity index is 2.35. The Kier molecular flexibility index (Phi) is 2.37. The Morgan fingerprint density at radius 2 is 2.14 bits per heavy atom. The largest absolute Gasteiger partial charge is 0.485 e. The van der Waals surface area contributed by atoms with Crippen LogP contribution in [0.5, 0.6) is 11.5 Å². The maximum atomic E-state index is 12.1. The molecule has 2 rings (SSSR count). The zero-order valence-electron chi connectivity index (χ0n) is 6.96. The second-order valence-electron chi connectivity index (χ2n) is 2.62. The van der Waals surface area contributed by atoms with Gasteiger partial charge < -0.3 is 9.47 Å². The van der Waals surface area contributed by atoms with Gasteiger partial charge in [0.2, 0.25) is 5.78 Å². The van der Waals surface area contributed by atoms with E-state index in [1.807, 2.05) is 0 Å².